The Morgan fingerprint density at radius 1 is 0.938 bits per heavy atom. The number of aromatic amines is 1. The second-order valence-electron chi connectivity index (χ2n) is 7.35. The molecule has 0 aliphatic heterocycles. The zero-order valence-corrected chi connectivity index (χ0v) is 18.1. The molecule has 3 N–H and O–H groups in total. The quantitative estimate of drug-likeness (QED) is 0.295. The highest BCUT2D eigenvalue weighted by Gasteiger charge is 2.11. The maximum absolute atomic E-state index is 13.8. The van der Waals surface area contributed by atoms with Gasteiger partial charge in [-0.3, -0.25) is 4.98 Å². The summed E-state index contributed by atoms with van der Waals surface area (Å²) in [5.74, 6) is 1.30. The zero-order valence-electron chi connectivity index (χ0n) is 17.3. The molecule has 0 spiro atoms. The molecule has 0 amide bonds. The lowest BCUT2D eigenvalue weighted by Crippen LogP contribution is -2.20. The molecular weight excluding hydrogens is 425 g/mol. The molecule has 7 nitrogen and oxygen atoms in total. The number of anilines is 1. The Labute approximate surface area is 188 Å². The minimum atomic E-state index is -0.333. The van der Waals surface area contributed by atoms with Gasteiger partial charge in [-0.2, -0.15) is 0 Å². The Bertz CT molecular complexity index is 1310. The number of thiazole rings is 1. The van der Waals surface area contributed by atoms with Crippen LogP contribution in [0.25, 0.3) is 21.3 Å². The smallest absolute Gasteiger partial charge is 0.153 e. The molecule has 0 saturated heterocycles. The lowest BCUT2D eigenvalue weighted by molar-refractivity contribution is 0.602. The Kier molecular flexibility index (Phi) is 6.00. The van der Waals surface area contributed by atoms with Gasteiger partial charge >= 0.3 is 0 Å². The summed E-state index contributed by atoms with van der Waals surface area (Å²) in [5.41, 5.74) is 3.24. The number of para-hydroxylation sites is 2. The van der Waals surface area contributed by atoms with Gasteiger partial charge in [0.25, 0.3) is 0 Å². The van der Waals surface area contributed by atoms with Crippen LogP contribution in [-0.2, 0) is 19.4 Å². The monoisotopic (exact) mass is 447 g/mol. The summed E-state index contributed by atoms with van der Waals surface area (Å²) in [7, 11) is 0. The number of hydrogen-bond acceptors (Lipinski definition) is 7. The van der Waals surface area contributed by atoms with Crippen molar-refractivity contribution in [3.05, 3.63) is 77.2 Å². The minimum Gasteiger partial charge on any atom is -0.362 e. The Hall–Kier alpha value is -3.43. The van der Waals surface area contributed by atoms with Gasteiger partial charge in [0, 0.05) is 38.3 Å². The molecule has 0 fully saturated rings. The van der Waals surface area contributed by atoms with Crippen molar-refractivity contribution in [1.29, 1.82) is 0 Å². The van der Waals surface area contributed by atoms with Crippen LogP contribution < -0.4 is 10.6 Å². The summed E-state index contributed by atoms with van der Waals surface area (Å²) < 4.78 is 14.9. The van der Waals surface area contributed by atoms with Crippen LogP contribution in [0.1, 0.15) is 16.5 Å². The topological polar surface area (TPSA) is 91.4 Å². The predicted octanol–water partition coefficient (Wildman–Crippen LogP) is 4.09. The molecular formula is C23H22FN7S. The number of aromatic nitrogens is 5. The Morgan fingerprint density at radius 2 is 1.84 bits per heavy atom. The summed E-state index contributed by atoms with van der Waals surface area (Å²) in [5, 5.41) is 7.67. The van der Waals surface area contributed by atoms with Gasteiger partial charge in [0.1, 0.15) is 17.2 Å². The zero-order chi connectivity index (χ0) is 21.8. The number of fused-ring (bicyclic) bond motifs is 2. The third kappa shape index (κ3) is 4.58. The molecule has 4 heterocycles. The number of nitrogens with zero attached hydrogens (tertiary/aromatic N) is 4. The maximum atomic E-state index is 13.8. The second-order valence-corrected chi connectivity index (χ2v) is 8.47. The number of rotatable bonds is 9. The number of benzene rings is 1. The van der Waals surface area contributed by atoms with Crippen LogP contribution in [0.3, 0.4) is 0 Å². The van der Waals surface area contributed by atoms with E-state index in [2.05, 4.69) is 30.6 Å². The molecule has 0 radical (unpaired) electrons. The van der Waals surface area contributed by atoms with Crippen LogP contribution >= 0.6 is 11.3 Å². The van der Waals surface area contributed by atoms with Crippen molar-refractivity contribution >= 4 is 38.4 Å². The van der Waals surface area contributed by atoms with Crippen LogP contribution in [-0.4, -0.2) is 38.0 Å². The first-order valence-electron chi connectivity index (χ1n) is 10.5. The van der Waals surface area contributed by atoms with Crippen molar-refractivity contribution in [2.24, 2.45) is 0 Å². The molecule has 4 aromatic heterocycles. The third-order valence-corrected chi connectivity index (χ3v) is 6.18. The van der Waals surface area contributed by atoms with Gasteiger partial charge in [0.05, 0.1) is 33.0 Å². The molecule has 32 heavy (non-hydrogen) atoms. The predicted molar refractivity (Wildman–Crippen MR) is 125 cm³/mol. The molecule has 0 aliphatic rings. The molecule has 9 heteroatoms. The van der Waals surface area contributed by atoms with E-state index in [-0.39, 0.29) is 12.4 Å². The number of pyridine rings is 2. The average Bonchev–Trinajstić information content (AvgIpc) is 3.42. The first-order valence-corrected chi connectivity index (χ1v) is 11.3. The lowest BCUT2D eigenvalue weighted by atomic mass is 10.3. The first kappa shape index (κ1) is 20.5. The standard InChI is InChI=1S/C23H22FN7S/c24-15-4-3-10-26-18(15)14-28-23-22-19(7-13-27-23)32-21(31-22)9-12-25-11-8-20-29-16-5-1-2-6-17(16)30-20/h1-7,10,13,25H,8-9,11-12,14H2,(H,27,28)(H,29,30). The van der Waals surface area contributed by atoms with Gasteiger partial charge in [0.2, 0.25) is 0 Å². The van der Waals surface area contributed by atoms with Gasteiger partial charge in [0.15, 0.2) is 5.82 Å². The fraction of sp³-hybridized carbons (Fsp3) is 0.217. The first-order chi connectivity index (χ1) is 15.8. The maximum Gasteiger partial charge on any atom is 0.153 e. The van der Waals surface area contributed by atoms with Gasteiger partial charge in [-0.25, -0.2) is 19.3 Å². The summed E-state index contributed by atoms with van der Waals surface area (Å²) in [6.07, 6.45) is 4.99. The number of halogens is 1. The molecule has 5 aromatic rings. The fourth-order valence-electron chi connectivity index (χ4n) is 3.50. The van der Waals surface area contributed by atoms with Crippen molar-refractivity contribution in [2.45, 2.75) is 19.4 Å². The van der Waals surface area contributed by atoms with Gasteiger partial charge < -0.3 is 15.6 Å². The largest absolute Gasteiger partial charge is 0.362 e. The summed E-state index contributed by atoms with van der Waals surface area (Å²) in [4.78, 5) is 21.2. The Morgan fingerprint density at radius 3 is 2.75 bits per heavy atom. The minimum absolute atomic E-state index is 0.259. The SMILES string of the molecule is Fc1cccnc1CNc1nccc2sc(CCNCCc3nc4ccccc4[nH]3)nc12. The van der Waals surface area contributed by atoms with Crippen molar-refractivity contribution in [3.63, 3.8) is 0 Å². The summed E-state index contributed by atoms with van der Waals surface area (Å²) >= 11 is 1.65. The highest BCUT2D eigenvalue weighted by molar-refractivity contribution is 7.18. The number of nitrogens with one attached hydrogen (secondary N) is 3. The van der Waals surface area contributed by atoms with Crippen LogP contribution in [0.15, 0.2) is 54.9 Å². The van der Waals surface area contributed by atoms with Gasteiger partial charge in [-0.15, -0.1) is 11.3 Å². The normalized spacial score (nSPS) is 11.4. The van der Waals surface area contributed by atoms with Crippen molar-refractivity contribution in [3.8, 4) is 0 Å². The number of H-pyrrole nitrogens is 1. The van der Waals surface area contributed by atoms with Crippen LogP contribution in [0.5, 0.6) is 0 Å². The average molecular weight is 448 g/mol. The van der Waals surface area contributed by atoms with Crippen molar-refractivity contribution in [1.82, 2.24) is 30.2 Å². The molecule has 0 aliphatic carbocycles. The fourth-order valence-corrected chi connectivity index (χ4v) is 4.47. The van der Waals surface area contributed by atoms with E-state index in [9.17, 15) is 4.39 Å². The van der Waals surface area contributed by atoms with Crippen LogP contribution in [0.4, 0.5) is 10.2 Å². The van der Waals surface area contributed by atoms with E-state index in [1.807, 2.05) is 30.3 Å². The second kappa shape index (κ2) is 9.37. The molecule has 0 unspecified atom stereocenters. The highest BCUT2D eigenvalue weighted by Crippen LogP contribution is 2.27. The summed E-state index contributed by atoms with van der Waals surface area (Å²) in [6, 6.07) is 13.0. The molecule has 5 rings (SSSR count). The van der Waals surface area contributed by atoms with Crippen LogP contribution in [0.2, 0.25) is 0 Å². The molecule has 162 valence electrons. The van der Waals surface area contributed by atoms with E-state index in [0.29, 0.717) is 11.5 Å². The molecule has 0 atom stereocenters. The summed E-state index contributed by atoms with van der Waals surface area (Å²) in [6.45, 7) is 1.93. The molecule has 1 aromatic carbocycles. The van der Waals surface area contributed by atoms with E-state index in [0.717, 1.165) is 58.0 Å². The van der Waals surface area contributed by atoms with Crippen molar-refractivity contribution in [2.75, 3.05) is 18.4 Å². The lowest BCUT2D eigenvalue weighted by Gasteiger charge is -2.06. The number of hydrogen-bond donors (Lipinski definition) is 3. The Balaban J connectivity index is 1.15. The van der Waals surface area contributed by atoms with Gasteiger partial charge in [-0.1, -0.05) is 12.1 Å². The molecule has 0 bridgehead atoms. The van der Waals surface area contributed by atoms with E-state index in [1.165, 1.54) is 6.07 Å². The van der Waals surface area contributed by atoms with Crippen molar-refractivity contribution < 1.29 is 4.39 Å². The van der Waals surface area contributed by atoms with Crippen LogP contribution in [0, 0.1) is 5.82 Å². The highest BCUT2D eigenvalue weighted by atomic mass is 32.1. The van der Waals surface area contributed by atoms with E-state index >= 15 is 0 Å². The van der Waals surface area contributed by atoms with E-state index < -0.39 is 0 Å². The van der Waals surface area contributed by atoms with Gasteiger partial charge in [-0.05, 0) is 30.3 Å². The van der Waals surface area contributed by atoms with E-state index in [4.69, 9.17) is 4.98 Å². The third-order valence-electron chi connectivity index (χ3n) is 5.10. The molecule has 0 saturated carbocycles. The number of imidazole rings is 1. The van der Waals surface area contributed by atoms with E-state index in [1.54, 1.807) is 29.8 Å².